The molecule has 1 aliphatic rings. The van der Waals surface area contributed by atoms with Crippen LogP contribution < -0.4 is 9.64 Å². The van der Waals surface area contributed by atoms with Crippen molar-refractivity contribution in [2.75, 3.05) is 19.1 Å². The Morgan fingerprint density at radius 2 is 1.71 bits per heavy atom. The topological polar surface area (TPSA) is 93.1 Å². The van der Waals surface area contributed by atoms with Gasteiger partial charge in [-0.15, -0.1) is 0 Å². The number of methoxy groups -OCH3 is 2. The van der Waals surface area contributed by atoms with Crippen LogP contribution in [0.3, 0.4) is 0 Å². The van der Waals surface area contributed by atoms with E-state index in [1.165, 1.54) is 50.6 Å². The number of phenolic OH excluding ortho intramolecular Hbond substituents is 1. The number of aromatic hydroxyl groups is 1. The van der Waals surface area contributed by atoms with Crippen molar-refractivity contribution in [3.05, 3.63) is 53.1 Å². The van der Waals surface area contributed by atoms with Crippen molar-refractivity contribution < 1.29 is 29.0 Å². The van der Waals surface area contributed by atoms with Crippen molar-refractivity contribution in [3.63, 3.8) is 0 Å². The molecule has 3 rings (SSSR count). The average molecular weight is 327 g/mol. The third kappa shape index (κ3) is 2.26. The van der Waals surface area contributed by atoms with Crippen LogP contribution in [0.1, 0.15) is 31.1 Å². The summed E-state index contributed by atoms with van der Waals surface area (Å²) in [6.07, 6.45) is 0. The van der Waals surface area contributed by atoms with Crippen molar-refractivity contribution in [2.45, 2.75) is 0 Å². The molecule has 0 atom stereocenters. The Bertz CT molecular complexity index is 873. The average Bonchev–Trinajstić information content (AvgIpc) is 2.84. The van der Waals surface area contributed by atoms with Gasteiger partial charge in [0.1, 0.15) is 0 Å². The maximum Gasteiger partial charge on any atom is 0.337 e. The summed E-state index contributed by atoms with van der Waals surface area (Å²) in [4.78, 5) is 37.6. The fourth-order valence-corrected chi connectivity index (χ4v) is 2.54. The second-order valence-corrected chi connectivity index (χ2v) is 5.05. The molecule has 2 aromatic rings. The van der Waals surface area contributed by atoms with Gasteiger partial charge in [-0.05, 0) is 30.3 Å². The molecular formula is C17H13NO6. The molecule has 1 aliphatic heterocycles. The Hall–Kier alpha value is -3.35. The molecule has 0 fully saturated rings. The molecule has 2 aromatic carbocycles. The zero-order valence-corrected chi connectivity index (χ0v) is 12.9. The lowest BCUT2D eigenvalue weighted by Crippen LogP contribution is -2.29. The maximum absolute atomic E-state index is 12.6. The van der Waals surface area contributed by atoms with Gasteiger partial charge >= 0.3 is 5.97 Å². The zero-order valence-electron chi connectivity index (χ0n) is 12.9. The van der Waals surface area contributed by atoms with Gasteiger partial charge in [-0.3, -0.25) is 9.59 Å². The number of ether oxygens (including phenoxy) is 2. The number of phenols is 1. The lowest BCUT2D eigenvalue weighted by Gasteiger charge is -2.15. The van der Waals surface area contributed by atoms with Gasteiger partial charge in [0.25, 0.3) is 11.8 Å². The molecule has 0 aromatic heterocycles. The second kappa shape index (κ2) is 5.69. The number of fused-ring (bicyclic) bond motifs is 1. The van der Waals surface area contributed by atoms with Gasteiger partial charge in [0.05, 0.1) is 36.6 Å². The second-order valence-electron chi connectivity index (χ2n) is 5.05. The minimum Gasteiger partial charge on any atom is -0.504 e. The molecule has 0 saturated heterocycles. The highest BCUT2D eigenvalue weighted by Gasteiger charge is 2.37. The number of hydrogen-bond donors (Lipinski definition) is 1. The number of carbonyl (C=O) groups excluding carboxylic acids is 3. The van der Waals surface area contributed by atoms with E-state index in [4.69, 9.17) is 4.74 Å². The number of rotatable bonds is 3. The molecule has 0 radical (unpaired) electrons. The first kappa shape index (κ1) is 15.5. The highest BCUT2D eigenvalue weighted by atomic mass is 16.5. The number of imide groups is 1. The van der Waals surface area contributed by atoms with E-state index in [1.54, 1.807) is 0 Å². The number of nitrogens with zero attached hydrogens (tertiary/aromatic N) is 1. The zero-order chi connectivity index (χ0) is 17.4. The van der Waals surface area contributed by atoms with E-state index in [-0.39, 0.29) is 33.9 Å². The van der Waals surface area contributed by atoms with Crippen molar-refractivity contribution in [1.82, 2.24) is 0 Å². The summed E-state index contributed by atoms with van der Waals surface area (Å²) < 4.78 is 9.56. The predicted octanol–water partition coefficient (Wildman–Crippen LogP) is 1.99. The number of anilines is 1. The molecule has 7 nitrogen and oxygen atoms in total. The van der Waals surface area contributed by atoms with Crippen LogP contribution in [0.25, 0.3) is 0 Å². The highest BCUT2D eigenvalue weighted by molar-refractivity contribution is 6.34. The van der Waals surface area contributed by atoms with Crippen LogP contribution in [-0.4, -0.2) is 37.1 Å². The van der Waals surface area contributed by atoms with Gasteiger partial charge in [-0.1, -0.05) is 0 Å². The summed E-state index contributed by atoms with van der Waals surface area (Å²) in [6.45, 7) is 0. The summed E-state index contributed by atoms with van der Waals surface area (Å²) in [5.41, 5.74) is 0.678. The van der Waals surface area contributed by atoms with Gasteiger partial charge in [0.2, 0.25) is 0 Å². The van der Waals surface area contributed by atoms with Gasteiger partial charge in [0, 0.05) is 6.07 Å². The van der Waals surface area contributed by atoms with Gasteiger partial charge < -0.3 is 14.6 Å². The first-order chi connectivity index (χ1) is 11.5. The Kier molecular flexibility index (Phi) is 3.69. The summed E-state index contributed by atoms with van der Waals surface area (Å²) in [7, 11) is 2.63. The monoisotopic (exact) mass is 327 g/mol. The summed E-state index contributed by atoms with van der Waals surface area (Å²) in [6, 6.07) is 8.36. The van der Waals surface area contributed by atoms with Crippen molar-refractivity contribution in [2.24, 2.45) is 0 Å². The molecule has 0 spiro atoms. The van der Waals surface area contributed by atoms with E-state index in [9.17, 15) is 19.5 Å². The fourth-order valence-electron chi connectivity index (χ4n) is 2.54. The molecule has 7 heteroatoms. The molecule has 1 heterocycles. The van der Waals surface area contributed by atoms with Crippen molar-refractivity contribution >= 4 is 23.5 Å². The summed E-state index contributed by atoms with van der Waals surface area (Å²) in [5, 5.41) is 9.85. The van der Waals surface area contributed by atoms with Crippen LogP contribution in [0, 0.1) is 0 Å². The van der Waals surface area contributed by atoms with E-state index >= 15 is 0 Å². The van der Waals surface area contributed by atoms with E-state index in [0.717, 1.165) is 4.90 Å². The maximum atomic E-state index is 12.6. The van der Waals surface area contributed by atoms with Gasteiger partial charge in [-0.25, -0.2) is 9.69 Å². The molecule has 2 amide bonds. The molecule has 0 bridgehead atoms. The van der Waals surface area contributed by atoms with E-state index in [1.807, 2.05) is 0 Å². The van der Waals surface area contributed by atoms with E-state index in [2.05, 4.69) is 4.74 Å². The molecule has 0 aliphatic carbocycles. The van der Waals surface area contributed by atoms with E-state index < -0.39 is 17.8 Å². The molecule has 122 valence electrons. The third-order valence-electron chi connectivity index (χ3n) is 3.73. The third-order valence-corrected chi connectivity index (χ3v) is 3.73. The standard InChI is InChI=1S/C17H13NO6/c1-23-14-6-4-10(8-13(14)19)18-15(20)11-5-3-9(17(22)24-2)7-12(11)16(18)21/h3-8,19H,1-2H3. The molecule has 1 N–H and O–H groups in total. The minimum atomic E-state index is -0.599. The van der Waals surface area contributed by atoms with Crippen molar-refractivity contribution in [3.8, 4) is 11.5 Å². The number of carbonyl (C=O) groups is 3. The Balaban J connectivity index is 2.04. The lowest BCUT2D eigenvalue weighted by molar-refractivity contribution is 0.0600. The van der Waals surface area contributed by atoms with Crippen LogP contribution in [0.4, 0.5) is 5.69 Å². The number of amides is 2. The molecular weight excluding hydrogens is 314 g/mol. The molecule has 0 saturated carbocycles. The number of esters is 1. The fraction of sp³-hybridized carbons (Fsp3) is 0.118. The normalized spacial score (nSPS) is 13.0. The number of benzene rings is 2. The van der Waals surface area contributed by atoms with Crippen molar-refractivity contribution in [1.29, 1.82) is 0 Å². The Labute approximate surface area is 137 Å². The van der Waals surface area contributed by atoms with Crippen LogP contribution >= 0.6 is 0 Å². The summed E-state index contributed by atoms with van der Waals surface area (Å²) in [5.74, 6) is -1.68. The first-order valence-electron chi connectivity index (χ1n) is 6.96. The minimum absolute atomic E-state index is 0.109. The molecule has 24 heavy (non-hydrogen) atoms. The largest absolute Gasteiger partial charge is 0.504 e. The van der Waals surface area contributed by atoms with Gasteiger partial charge in [-0.2, -0.15) is 0 Å². The highest BCUT2D eigenvalue weighted by Crippen LogP contribution is 2.34. The number of hydrogen-bond acceptors (Lipinski definition) is 6. The first-order valence-corrected chi connectivity index (χ1v) is 6.96. The smallest absolute Gasteiger partial charge is 0.337 e. The predicted molar refractivity (Wildman–Crippen MR) is 83.6 cm³/mol. The molecule has 0 unspecified atom stereocenters. The van der Waals surface area contributed by atoms with E-state index in [0.29, 0.717) is 0 Å². The van der Waals surface area contributed by atoms with Crippen LogP contribution in [0.2, 0.25) is 0 Å². The van der Waals surface area contributed by atoms with Gasteiger partial charge in [0.15, 0.2) is 11.5 Å². The lowest BCUT2D eigenvalue weighted by atomic mass is 10.1. The Morgan fingerprint density at radius 1 is 1.00 bits per heavy atom. The van der Waals surface area contributed by atoms with Crippen LogP contribution in [0.15, 0.2) is 36.4 Å². The summed E-state index contributed by atoms with van der Waals surface area (Å²) >= 11 is 0. The SMILES string of the molecule is COC(=O)c1ccc2c(c1)C(=O)N(c1ccc(OC)c(O)c1)C2=O. The van der Waals surface area contributed by atoms with Crippen LogP contribution in [0.5, 0.6) is 11.5 Å². The Morgan fingerprint density at radius 3 is 2.33 bits per heavy atom. The quantitative estimate of drug-likeness (QED) is 0.684. The van der Waals surface area contributed by atoms with Crippen LogP contribution in [-0.2, 0) is 4.74 Å².